The molecule has 1 saturated carbocycles. The molecule has 0 bridgehead atoms. The van der Waals surface area contributed by atoms with Crippen LogP contribution in [0.2, 0.25) is 0 Å². The van der Waals surface area contributed by atoms with Gasteiger partial charge in [-0.3, -0.25) is 0 Å². The van der Waals surface area contributed by atoms with Crippen molar-refractivity contribution in [3.63, 3.8) is 0 Å². The van der Waals surface area contributed by atoms with Crippen LogP contribution in [-0.2, 0) is 0 Å². The summed E-state index contributed by atoms with van der Waals surface area (Å²) in [6, 6.07) is 0.437. The average Bonchev–Trinajstić information content (AvgIpc) is 1.88. The molecule has 0 aromatic carbocycles. The van der Waals surface area contributed by atoms with Crippen LogP contribution in [0.4, 0.5) is 0 Å². The first kappa shape index (κ1) is 7.03. The van der Waals surface area contributed by atoms with Gasteiger partial charge in [0.1, 0.15) is 0 Å². The maximum Gasteiger partial charge on any atom is 0.00419 e. The lowest BCUT2D eigenvalue weighted by Gasteiger charge is -2.24. The summed E-state index contributed by atoms with van der Waals surface area (Å²) in [5, 5.41) is 0. The zero-order valence-electron chi connectivity index (χ0n) is 5.84. The first-order chi connectivity index (χ1) is 4.33. The van der Waals surface area contributed by atoms with Gasteiger partial charge >= 0.3 is 0 Å². The Labute approximate surface area is 56.6 Å². The molecule has 2 nitrogen and oxygen atoms in total. The van der Waals surface area contributed by atoms with Crippen LogP contribution in [-0.4, -0.2) is 12.6 Å². The summed E-state index contributed by atoms with van der Waals surface area (Å²) in [7, 11) is 0. The third-order valence-electron chi connectivity index (χ3n) is 2.16. The van der Waals surface area contributed by atoms with Gasteiger partial charge in [0.05, 0.1) is 0 Å². The van der Waals surface area contributed by atoms with Crippen molar-refractivity contribution in [3.8, 4) is 0 Å². The van der Waals surface area contributed by atoms with E-state index >= 15 is 0 Å². The molecule has 0 saturated heterocycles. The van der Waals surface area contributed by atoms with Crippen LogP contribution in [0.3, 0.4) is 0 Å². The van der Waals surface area contributed by atoms with E-state index in [1.807, 2.05) is 0 Å². The van der Waals surface area contributed by atoms with E-state index in [2.05, 4.69) is 0 Å². The summed E-state index contributed by atoms with van der Waals surface area (Å²) in [6.07, 6.45) is 4.93. The predicted molar refractivity (Wildman–Crippen MR) is 39.0 cm³/mol. The van der Waals surface area contributed by atoms with Gasteiger partial charge in [0.15, 0.2) is 0 Å². The Hall–Kier alpha value is -0.0800. The number of hydrogen-bond acceptors (Lipinski definition) is 2. The largest absolute Gasteiger partial charge is 0.330 e. The SMILES string of the molecule is NC[C@@H]1CCC[C@@H](N)C1. The molecule has 0 aromatic rings. The zero-order valence-corrected chi connectivity index (χ0v) is 5.84. The average molecular weight is 128 g/mol. The minimum atomic E-state index is 0.437. The highest BCUT2D eigenvalue weighted by Crippen LogP contribution is 2.21. The van der Waals surface area contributed by atoms with Gasteiger partial charge in [0.2, 0.25) is 0 Å². The number of rotatable bonds is 1. The second-order valence-corrected chi connectivity index (χ2v) is 3.03. The minimum absolute atomic E-state index is 0.437. The van der Waals surface area contributed by atoms with E-state index in [0.717, 1.165) is 13.0 Å². The smallest absolute Gasteiger partial charge is 0.00419 e. The van der Waals surface area contributed by atoms with Crippen LogP contribution >= 0.6 is 0 Å². The van der Waals surface area contributed by atoms with E-state index in [1.165, 1.54) is 19.3 Å². The van der Waals surface area contributed by atoms with Gasteiger partial charge in [0, 0.05) is 6.04 Å². The first-order valence-electron chi connectivity index (χ1n) is 3.78. The van der Waals surface area contributed by atoms with Crippen LogP contribution in [0, 0.1) is 5.92 Å². The molecular weight excluding hydrogens is 112 g/mol. The van der Waals surface area contributed by atoms with Crippen molar-refractivity contribution >= 4 is 0 Å². The Morgan fingerprint density at radius 1 is 1.33 bits per heavy atom. The van der Waals surface area contributed by atoms with Crippen LogP contribution in [0.25, 0.3) is 0 Å². The van der Waals surface area contributed by atoms with Gasteiger partial charge in [-0.2, -0.15) is 0 Å². The normalized spacial score (nSPS) is 36.7. The van der Waals surface area contributed by atoms with E-state index in [9.17, 15) is 0 Å². The molecule has 0 aliphatic heterocycles. The lowest BCUT2D eigenvalue weighted by atomic mass is 9.86. The van der Waals surface area contributed by atoms with Crippen LogP contribution in [0.5, 0.6) is 0 Å². The summed E-state index contributed by atoms with van der Waals surface area (Å²) in [4.78, 5) is 0. The molecule has 0 radical (unpaired) electrons. The maximum atomic E-state index is 5.75. The number of nitrogens with two attached hydrogens (primary N) is 2. The molecule has 1 rings (SSSR count). The van der Waals surface area contributed by atoms with Gasteiger partial charge in [0.25, 0.3) is 0 Å². The van der Waals surface area contributed by atoms with Crippen molar-refractivity contribution < 1.29 is 0 Å². The van der Waals surface area contributed by atoms with E-state index in [0.29, 0.717) is 12.0 Å². The van der Waals surface area contributed by atoms with Gasteiger partial charge < -0.3 is 11.5 Å². The molecule has 0 spiro atoms. The quantitative estimate of drug-likeness (QED) is 0.539. The molecule has 1 aliphatic carbocycles. The second-order valence-electron chi connectivity index (χ2n) is 3.03. The van der Waals surface area contributed by atoms with Crippen molar-refractivity contribution in [2.75, 3.05) is 6.54 Å². The minimum Gasteiger partial charge on any atom is -0.330 e. The summed E-state index contributed by atoms with van der Waals surface area (Å²) < 4.78 is 0. The topological polar surface area (TPSA) is 52.0 Å². The van der Waals surface area contributed by atoms with Crippen molar-refractivity contribution in [2.45, 2.75) is 31.7 Å². The molecule has 2 atom stereocenters. The summed E-state index contributed by atoms with van der Waals surface area (Å²) in [5.41, 5.74) is 11.3. The molecule has 0 amide bonds. The second kappa shape index (κ2) is 3.18. The Bertz CT molecular complexity index is 83.0. The zero-order chi connectivity index (χ0) is 6.69. The molecule has 0 aromatic heterocycles. The van der Waals surface area contributed by atoms with Crippen LogP contribution < -0.4 is 11.5 Å². The Morgan fingerprint density at radius 3 is 2.56 bits per heavy atom. The molecule has 1 fully saturated rings. The van der Waals surface area contributed by atoms with Crippen molar-refractivity contribution in [1.82, 2.24) is 0 Å². The van der Waals surface area contributed by atoms with E-state index in [-0.39, 0.29) is 0 Å². The highest BCUT2D eigenvalue weighted by atomic mass is 14.7. The maximum absolute atomic E-state index is 5.75. The molecule has 1 aliphatic rings. The Kier molecular flexibility index (Phi) is 2.49. The molecule has 54 valence electrons. The van der Waals surface area contributed by atoms with E-state index < -0.39 is 0 Å². The first-order valence-corrected chi connectivity index (χ1v) is 3.78. The van der Waals surface area contributed by atoms with Crippen molar-refractivity contribution in [1.29, 1.82) is 0 Å². The molecule has 0 unspecified atom stereocenters. The van der Waals surface area contributed by atoms with Crippen LogP contribution in [0.1, 0.15) is 25.7 Å². The summed E-state index contributed by atoms with van der Waals surface area (Å²) >= 11 is 0. The van der Waals surface area contributed by atoms with Crippen molar-refractivity contribution in [2.24, 2.45) is 17.4 Å². The summed E-state index contributed by atoms with van der Waals surface area (Å²) in [6.45, 7) is 0.827. The fraction of sp³-hybridized carbons (Fsp3) is 1.00. The third kappa shape index (κ3) is 1.95. The lowest BCUT2D eigenvalue weighted by molar-refractivity contribution is 0.329. The molecular formula is C7H16N2. The molecule has 4 N–H and O–H groups in total. The van der Waals surface area contributed by atoms with Gasteiger partial charge in [-0.1, -0.05) is 6.42 Å². The van der Waals surface area contributed by atoms with Gasteiger partial charge in [-0.05, 0) is 31.7 Å². The van der Waals surface area contributed by atoms with Gasteiger partial charge in [-0.15, -0.1) is 0 Å². The fourth-order valence-corrected chi connectivity index (χ4v) is 1.55. The monoisotopic (exact) mass is 128 g/mol. The summed E-state index contributed by atoms with van der Waals surface area (Å²) in [5.74, 6) is 0.716. The standard InChI is InChI=1S/C7H16N2/c8-5-6-2-1-3-7(9)4-6/h6-7H,1-5,8-9H2/t6-,7-/m1/s1. The van der Waals surface area contributed by atoms with E-state index in [1.54, 1.807) is 0 Å². The highest BCUT2D eigenvalue weighted by Gasteiger charge is 2.16. The highest BCUT2D eigenvalue weighted by molar-refractivity contribution is 4.74. The Balaban J connectivity index is 2.23. The lowest BCUT2D eigenvalue weighted by Crippen LogP contribution is -2.31. The van der Waals surface area contributed by atoms with Crippen molar-refractivity contribution in [3.05, 3.63) is 0 Å². The third-order valence-corrected chi connectivity index (χ3v) is 2.16. The predicted octanol–water partition coefficient (Wildman–Crippen LogP) is 0.463. The van der Waals surface area contributed by atoms with Crippen LogP contribution in [0.15, 0.2) is 0 Å². The van der Waals surface area contributed by atoms with Gasteiger partial charge in [-0.25, -0.2) is 0 Å². The number of hydrogen-bond donors (Lipinski definition) is 2. The molecule has 0 heterocycles. The fourth-order valence-electron chi connectivity index (χ4n) is 1.55. The van der Waals surface area contributed by atoms with E-state index in [4.69, 9.17) is 11.5 Å². The molecule has 9 heavy (non-hydrogen) atoms. The Morgan fingerprint density at radius 2 is 2.11 bits per heavy atom. The molecule has 2 heteroatoms.